The molecule has 1 unspecified atom stereocenters. The molecule has 1 atom stereocenters. The van der Waals surface area contributed by atoms with Gasteiger partial charge in [0.05, 0.1) is 5.52 Å². The van der Waals surface area contributed by atoms with Crippen LogP contribution in [0, 0.1) is 6.92 Å². The standard InChI is InChI=1S/C17H14ClNO/c1-11-12(5-2-8-15(11)18)17(20)14-6-3-9-16-13(14)7-4-10-19-16/h2-10,17,20H,1H3. The van der Waals surface area contributed by atoms with Crippen molar-refractivity contribution in [1.29, 1.82) is 0 Å². The maximum Gasteiger partial charge on any atom is 0.105 e. The molecule has 0 aliphatic carbocycles. The van der Waals surface area contributed by atoms with Crippen molar-refractivity contribution in [1.82, 2.24) is 4.98 Å². The Kier molecular flexibility index (Phi) is 3.43. The summed E-state index contributed by atoms with van der Waals surface area (Å²) in [7, 11) is 0. The number of pyridine rings is 1. The van der Waals surface area contributed by atoms with Crippen LogP contribution in [-0.2, 0) is 0 Å². The quantitative estimate of drug-likeness (QED) is 0.761. The van der Waals surface area contributed by atoms with Gasteiger partial charge in [0.1, 0.15) is 6.10 Å². The minimum Gasteiger partial charge on any atom is -0.384 e. The second-order valence-corrected chi connectivity index (χ2v) is 5.18. The molecule has 3 aromatic rings. The van der Waals surface area contributed by atoms with Gasteiger partial charge in [0.2, 0.25) is 0 Å². The van der Waals surface area contributed by atoms with E-state index in [1.807, 2.05) is 55.5 Å². The Morgan fingerprint density at radius 1 is 1.00 bits per heavy atom. The van der Waals surface area contributed by atoms with E-state index in [0.717, 1.165) is 27.6 Å². The smallest absolute Gasteiger partial charge is 0.105 e. The number of nitrogens with zero attached hydrogens (tertiary/aromatic N) is 1. The fourth-order valence-corrected chi connectivity index (χ4v) is 2.64. The molecular formula is C17H14ClNO. The largest absolute Gasteiger partial charge is 0.384 e. The fraction of sp³-hybridized carbons (Fsp3) is 0.118. The lowest BCUT2D eigenvalue weighted by Gasteiger charge is -2.16. The highest BCUT2D eigenvalue weighted by Gasteiger charge is 2.16. The molecular weight excluding hydrogens is 270 g/mol. The maximum atomic E-state index is 10.7. The van der Waals surface area contributed by atoms with Gasteiger partial charge in [-0.2, -0.15) is 0 Å². The molecule has 0 saturated carbocycles. The summed E-state index contributed by atoms with van der Waals surface area (Å²) >= 11 is 6.14. The second-order valence-electron chi connectivity index (χ2n) is 4.77. The van der Waals surface area contributed by atoms with Crippen molar-refractivity contribution in [3.05, 3.63) is 76.4 Å². The molecule has 1 aromatic heterocycles. The van der Waals surface area contributed by atoms with Crippen LogP contribution in [0.4, 0.5) is 0 Å². The number of hydrogen-bond donors (Lipinski definition) is 1. The van der Waals surface area contributed by atoms with Crippen molar-refractivity contribution in [3.8, 4) is 0 Å². The minimum atomic E-state index is -0.707. The molecule has 0 bridgehead atoms. The van der Waals surface area contributed by atoms with Crippen molar-refractivity contribution in [3.63, 3.8) is 0 Å². The zero-order valence-electron chi connectivity index (χ0n) is 11.0. The Morgan fingerprint density at radius 2 is 1.75 bits per heavy atom. The first-order valence-electron chi connectivity index (χ1n) is 6.45. The molecule has 1 heterocycles. The van der Waals surface area contributed by atoms with Gasteiger partial charge in [0.25, 0.3) is 0 Å². The van der Waals surface area contributed by atoms with Gasteiger partial charge in [0.15, 0.2) is 0 Å². The van der Waals surface area contributed by atoms with E-state index < -0.39 is 6.10 Å². The van der Waals surface area contributed by atoms with E-state index in [1.54, 1.807) is 6.20 Å². The van der Waals surface area contributed by atoms with Gasteiger partial charge >= 0.3 is 0 Å². The zero-order valence-corrected chi connectivity index (χ0v) is 11.8. The van der Waals surface area contributed by atoms with Gasteiger partial charge < -0.3 is 5.11 Å². The van der Waals surface area contributed by atoms with Crippen LogP contribution in [0.2, 0.25) is 5.02 Å². The van der Waals surface area contributed by atoms with Crippen LogP contribution < -0.4 is 0 Å². The summed E-state index contributed by atoms with van der Waals surface area (Å²) in [5.41, 5.74) is 3.46. The summed E-state index contributed by atoms with van der Waals surface area (Å²) in [6.07, 6.45) is 1.05. The molecule has 100 valence electrons. The summed E-state index contributed by atoms with van der Waals surface area (Å²) < 4.78 is 0. The highest BCUT2D eigenvalue weighted by Crippen LogP contribution is 2.31. The molecule has 3 heteroatoms. The summed E-state index contributed by atoms with van der Waals surface area (Å²) in [5.74, 6) is 0. The van der Waals surface area contributed by atoms with E-state index in [1.165, 1.54) is 0 Å². The second kappa shape index (κ2) is 5.23. The molecule has 0 amide bonds. The van der Waals surface area contributed by atoms with Gasteiger partial charge in [0, 0.05) is 16.6 Å². The third kappa shape index (κ3) is 2.17. The van der Waals surface area contributed by atoms with Crippen LogP contribution in [0.3, 0.4) is 0 Å². The third-order valence-corrected chi connectivity index (χ3v) is 3.99. The normalized spacial score (nSPS) is 12.6. The number of halogens is 1. The molecule has 2 aromatic carbocycles. The Balaban J connectivity index is 2.18. The summed E-state index contributed by atoms with van der Waals surface area (Å²) in [6.45, 7) is 1.92. The number of hydrogen-bond acceptors (Lipinski definition) is 2. The van der Waals surface area contributed by atoms with Gasteiger partial charge in [-0.25, -0.2) is 0 Å². The highest BCUT2D eigenvalue weighted by atomic mass is 35.5. The first-order chi connectivity index (χ1) is 9.68. The average molecular weight is 284 g/mol. The van der Waals surface area contributed by atoms with E-state index in [9.17, 15) is 5.11 Å². The monoisotopic (exact) mass is 283 g/mol. The number of fused-ring (bicyclic) bond motifs is 1. The molecule has 0 radical (unpaired) electrons. The van der Waals surface area contributed by atoms with Crippen molar-refractivity contribution < 1.29 is 5.11 Å². The molecule has 0 spiro atoms. The van der Waals surface area contributed by atoms with E-state index >= 15 is 0 Å². The molecule has 2 nitrogen and oxygen atoms in total. The molecule has 0 saturated heterocycles. The summed E-state index contributed by atoms with van der Waals surface area (Å²) in [5, 5.41) is 12.3. The van der Waals surface area contributed by atoms with Crippen LogP contribution >= 0.6 is 11.6 Å². The minimum absolute atomic E-state index is 0.667. The lowest BCUT2D eigenvalue weighted by Crippen LogP contribution is -2.03. The van der Waals surface area contributed by atoms with Crippen LogP contribution in [0.1, 0.15) is 22.8 Å². The highest BCUT2D eigenvalue weighted by molar-refractivity contribution is 6.31. The van der Waals surface area contributed by atoms with E-state index in [4.69, 9.17) is 11.6 Å². The van der Waals surface area contributed by atoms with Crippen LogP contribution in [0.15, 0.2) is 54.7 Å². The van der Waals surface area contributed by atoms with Crippen molar-refractivity contribution in [2.45, 2.75) is 13.0 Å². The molecule has 0 aliphatic heterocycles. The summed E-state index contributed by atoms with van der Waals surface area (Å²) in [4.78, 5) is 4.32. The number of rotatable bonds is 2. The van der Waals surface area contributed by atoms with Gasteiger partial charge in [-0.1, -0.05) is 41.9 Å². The Labute approximate surface area is 122 Å². The first-order valence-corrected chi connectivity index (χ1v) is 6.83. The van der Waals surface area contributed by atoms with Crippen LogP contribution in [0.25, 0.3) is 10.9 Å². The van der Waals surface area contributed by atoms with Gasteiger partial charge in [-0.15, -0.1) is 0 Å². The molecule has 3 rings (SSSR count). The first kappa shape index (κ1) is 13.1. The Morgan fingerprint density at radius 3 is 2.60 bits per heavy atom. The number of aliphatic hydroxyl groups is 1. The lowest BCUT2D eigenvalue weighted by atomic mass is 9.95. The van der Waals surface area contributed by atoms with Gasteiger partial charge in [-0.05, 0) is 41.8 Å². The average Bonchev–Trinajstić information content (AvgIpc) is 2.49. The van der Waals surface area contributed by atoms with E-state index in [-0.39, 0.29) is 0 Å². The fourth-order valence-electron chi connectivity index (χ4n) is 2.45. The number of aliphatic hydroxyl groups excluding tert-OH is 1. The van der Waals surface area contributed by atoms with Crippen molar-refractivity contribution in [2.24, 2.45) is 0 Å². The molecule has 20 heavy (non-hydrogen) atoms. The van der Waals surface area contributed by atoms with E-state index in [0.29, 0.717) is 5.02 Å². The molecule has 0 aliphatic rings. The van der Waals surface area contributed by atoms with Crippen LogP contribution in [0.5, 0.6) is 0 Å². The predicted molar refractivity (Wildman–Crippen MR) is 82.0 cm³/mol. The third-order valence-electron chi connectivity index (χ3n) is 3.58. The Hall–Kier alpha value is -1.90. The lowest BCUT2D eigenvalue weighted by molar-refractivity contribution is 0.221. The molecule has 0 fully saturated rings. The van der Waals surface area contributed by atoms with Gasteiger partial charge in [-0.3, -0.25) is 4.98 Å². The van der Waals surface area contributed by atoms with E-state index in [2.05, 4.69) is 4.98 Å². The maximum absolute atomic E-state index is 10.7. The number of aromatic nitrogens is 1. The molecule has 1 N–H and O–H groups in total. The summed E-state index contributed by atoms with van der Waals surface area (Å²) in [6, 6.07) is 15.2. The Bertz CT molecular complexity index is 765. The number of benzene rings is 2. The zero-order chi connectivity index (χ0) is 14.1. The van der Waals surface area contributed by atoms with Crippen molar-refractivity contribution >= 4 is 22.5 Å². The SMILES string of the molecule is Cc1c(Cl)cccc1C(O)c1cccc2ncccc12. The van der Waals surface area contributed by atoms with Crippen molar-refractivity contribution in [2.75, 3.05) is 0 Å². The van der Waals surface area contributed by atoms with Crippen LogP contribution in [-0.4, -0.2) is 10.1 Å². The predicted octanol–water partition coefficient (Wildman–Crippen LogP) is 4.28. The topological polar surface area (TPSA) is 33.1 Å².